The number of H-pyrrole nitrogens is 1. The number of para-hydroxylation sites is 2. The van der Waals surface area contributed by atoms with Crippen molar-refractivity contribution in [1.82, 2.24) is 14.9 Å². The van der Waals surface area contributed by atoms with E-state index >= 15 is 0 Å². The van der Waals surface area contributed by atoms with E-state index in [0.717, 1.165) is 21.8 Å². The Labute approximate surface area is 144 Å². The van der Waals surface area contributed by atoms with Gasteiger partial charge in [-0.1, -0.05) is 36.4 Å². The van der Waals surface area contributed by atoms with Crippen molar-refractivity contribution in [3.05, 3.63) is 72.6 Å². The van der Waals surface area contributed by atoms with Gasteiger partial charge in [0, 0.05) is 41.9 Å². The molecule has 4 aromatic rings. The fraction of sp³-hybridized carbons (Fsp3) is 0.100. The molecule has 0 aliphatic heterocycles. The third-order valence-electron chi connectivity index (χ3n) is 4.36. The Hall–Kier alpha value is -3.34. The van der Waals surface area contributed by atoms with Crippen molar-refractivity contribution < 1.29 is 9.59 Å². The number of rotatable bonds is 5. The molecule has 2 aromatic carbocycles. The average molecular weight is 331 g/mol. The predicted molar refractivity (Wildman–Crippen MR) is 97.6 cm³/mol. The van der Waals surface area contributed by atoms with Crippen molar-refractivity contribution in [3.8, 4) is 0 Å². The number of hydrogen-bond acceptors (Lipinski definition) is 2. The third-order valence-corrected chi connectivity index (χ3v) is 4.36. The number of aromatic amines is 1. The maximum Gasteiger partial charge on any atom is 0.292 e. The van der Waals surface area contributed by atoms with Crippen LogP contribution in [0.15, 0.2) is 67.0 Å². The molecule has 0 aliphatic rings. The minimum Gasteiger partial charge on any atom is -0.360 e. The van der Waals surface area contributed by atoms with Gasteiger partial charge in [-0.25, -0.2) is 0 Å². The summed E-state index contributed by atoms with van der Waals surface area (Å²) in [6.07, 6.45) is 3.57. The summed E-state index contributed by atoms with van der Waals surface area (Å²) in [6, 6.07) is 17.5. The number of fused-ring (bicyclic) bond motifs is 2. The smallest absolute Gasteiger partial charge is 0.292 e. The molecule has 4 rings (SSSR count). The van der Waals surface area contributed by atoms with Gasteiger partial charge >= 0.3 is 0 Å². The number of Topliss-reactive ketones (excluding diaryl/α,β-unsaturated/α-hetero) is 1. The van der Waals surface area contributed by atoms with Crippen LogP contribution in [0.25, 0.3) is 21.8 Å². The maximum absolute atomic E-state index is 12.4. The largest absolute Gasteiger partial charge is 0.360 e. The molecule has 0 spiro atoms. The Morgan fingerprint density at radius 3 is 2.72 bits per heavy atom. The lowest BCUT2D eigenvalue weighted by atomic mass is 10.1. The fourth-order valence-corrected chi connectivity index (χ4v) is 3.09. The van der Waals surface area contributed by atoms with Gasteiger partial charge in [0.05, 0.1) is 5.56 Å². The number of carbonyl (C=O) groups excluding carboxylic acids is 2. The van der Waals surface area contributed by atoms with Crippen LogP contribution in [0.5, 0.6) is 0 Å². The molecule has 0 aliphatic carbocycles. The zero-order valence-corrected chi connectivity index (χ0v) is 13.5. The lowest BCUT2D eigenvalue weighted by molar-refractivity contribution is -0.117. The Kier molecular flexibility index (Phi) is 3.82. The third kappa shape index (κ3) is 2.80. The summed E-state index contributed by atoms with van der Waals surface area (Å²) in [5.74, 6) is -1.10. The molecule has 25 heavy (non-hydrogen) atoms. The summed E-state index contributed by atoms with van der Waals surface area (Å²) < 4.78 is 2.06. The first-order valence-corrected chi connectivity index (χ1v) is 8.16. The highest BCUT2D eigenvalue weighted by molar-refractivity contribution is 6.44. The number of nitrogens with zero attached hydrogens (tertiary/aromatic N) is 1. The molecule has 0 saturated heterocycles. The second kappa shape index (κ2) is 6.28. The molecule has 0 saturated carbocycles. The first kappa shape index (κ1) is 15.2. The van der Waals surface area contributed by atoms with Crippen molar-refractivity contribution in [2.75, 3.05) is 6.54 Å². The molecule has 0 bridgehead atoms. The van der Waals surface area contributed by atoms with E-state index in [2.05, 4.69) is 14.9 Å². The average Bonchev–Trinajstić information content (AvgIpc) is 3.25. The minimum absolute atomic E-state index is 0.394. The van der Waals surface area contributed by atoms with E-state index in [4.69, 9.17) is 0 Å². The van der Waals surface area contributed by atoms with E-state index in [9.17, 15) is 9.59 Å². The number of hydrogen-bond donors (Lipinski definition) is 2. The molecule has 0 atom stereocenters. The molecular weight excluding hydrogens is 314 g/mol. The second-order valence-corrected chi connectivity index (χ2v) is 5.90. The Balaban J connectivity index is 1.43. The highest BCUT2D eigenvalue weighted by atomic mass is 16.2. The predicted octanol–water partition coefficient (Wildman–Crippen LogP) is 3.12. The molecule has 2 N–H and O–H groups in total. The van der Waals surface area contributed by atoms with Crippen LogP contribution in [0.3, 0.4) is 0 Å². The van der Waals surface area contributed by atoms with E-state index in [-0.39, 0.29) is 0 Å². The minimum atomic E-state index is -0.582. The Morgan fingerprint density at radius 2 is 1.80 bits per heavy atom. The van der Waals surface area contributed by atoms with Gasteiger partial charge in [0.25, 0.3) is 11.7 Å². The van der Waals surface area contributed by atoms with Gasteiger partial charge in [-0.05, 0) is 23.6 Å². The highest BCUT2D eigenvalue weighted by Crippen LogP contribution is 2.18. The van der Waals surface area contributed by atoms with Gasteiger partial charge in [0.15, 0.2) is 0 Å². The normalized spacial score (nSPS) is 11.0. The van der Waals surface area contributed by atoms with E-state index in [1.54, 1.807) is 6.20 Å². The summed E-state index contributed by atoms with van der Waals surface area (Å²) in [5.41, 5.74) is 2.36. The van der Waals surface area contributed by atoms with Crippen molar-refractivity contribution >= 4 is 33.5 Å². The molecular formula is C20H17N3O2. The van der Waals surface area contributed by atoms with Gasteiger partial charge in [-0.2, -0.15) is 0 Å². The summed E-state index contributed by atoms with van der Waals surface area (Å²) in [6.45, 7) is 1.01. The van der Waals surface area contributed by atoms with Crippen LogP contribution in [-0.4, -0.2) is 27.8 Å². The van der Waals surface area contributed by atoms with Crippen LogP contribution in [0, 0.1) is 0 Å². The van der Waals surface area contributed by atoms with E-state index in [1.165, 1.54) is 0 Å². The molecule has 0 fully saturated rings. The van der Waals surface area contributed by atoms with Gasteiger partial charge in [-0.3, -0.25) is 9.59 Å². The summed E-state index contributed by atoms with van der Waals surface area (Å²) >= 11 is 0. The van der Waals surface area contributed by atoms with Crippen LogP contribution >= 0.6 is 0 Å². The molecule has 2 aromatic heterocycles. The topological polar surface area (TPSA) is 66.9 Å². The highest BCUT2D eigenvalue weighted by Gasteiger charge is 2.19. The molecule has 0 radical (unpaired) electrons. The number of benzene rings is 2. The van der Waals surface area contributed by atoms with Crippen LogP contribution in [-0.2, 0) is 11.3 Å². The van der Waals surface area contributed by atoms with E-state index in [1.807, 2.05) is 60.8 Å². The van der Waals surface area contributed by atoms with Crippen molar-refractivity contribution in [2.24, 2.45) is 0 Å². The second-order valence-electron chi connectivity index (χ2n) is 5.90. The monoisotopic (exact) mass is 331 g/mol. The van der Waals surface area contributed by atoms with Crippen LogP contribution in [0.4, 0.5) is 0 Å². The zero-order chi connectivity index (χ0) is 17.2. The summed E-state index contributed by atoms with van der Waals surface area (Å²) in [5, 5.41) is 4.63. The van der Waals surface area contributed by atoms with Crippen LogP contribution in [0.1, 0.15) is 10.4 Å². The maximum atomic E-state index is 12.4. The van der Waals surface area contributed by atoms with Crippen LogP contribution in [0.2, 0.25) is 0 Å². The van der Waals surface area contributed by atoms with Gasteiger partial charge in [0.1, 0.15) is 0 Å². The van der Waals surface area contributed by atoms with Crippen LogP contribution < -0.4 is 5.32 Å². The molecule has 5 nitrogen and oxygen atoms in total. The molecule has 2 heterocycles. The number of nitrogens with one attached hydrogen (secondary N) is 2. The number of carbonyl (C=O) groups is 2. The number of ketones is 1. The first-order valence-electron chi connectivity index (χ1n) is 8.16. The first-order chi connectivity index (χ1) is 12.2. The lowest BCUT2D eigenvalue weighted by Crippen LogP contribution is -2.33. The zero-order valence-electron chi connectivity index (χ0n) is 13.5. The SMILES string of the molecule is O=C(NCCn1ccc2ccccc21)C(=O)c1c[nH]c2ccccc12. The molecule has 1 amide bonds. The van der Waals surface area contributed by atoms with E-state index in [0.29, 0.717) is 18.7 Å². The van der Waals surface area contributed by atoms with E-state index < -0.39 is 11.7 Å². The lowest BCUT2D eigenvalue weighted by Gasteiger charge is -2.07. The molecule has 5 heteroatoms. The quantitative estimate of drug-likeness (QED) is 0.436. The Bertz CT molecular complexity index is 1070. The van der Waals surface area contributed by atoms with Crippen molar-refractivity contribution in [3.63, 3.8) is 0 Å². The molecule has 0 unspecified atom stereocenters. The van der Waals surface area contributed by atoms with Crippen molar-refractivity contribution in [1.29, 1.82) is 0 Å². The number of amides is 1. The van der Waals surface area contributed by atoms with Gasteiger partial charge in [0.2, 0.25) is 0 Å². The Morgan fingerprint density at radius 1 is 1.00 bits per heavy atom. The summed E-state index contributed by atoms with van der Waals surface area (Å²) in [7, 11) is 0. The summed E-state index contributed by atoms with van der Waals surface area (Å²) in [4.78, 5) is 27.6. The standard InChI is InChI=1S/C20H17N3O2/c24-19(16-13-22-17-7-3-2-6-15(16)17)20(25)21-10-12-23-11-9-14-5-1-4-8-18(14)23/h1-9,11,13,22H,10,12H2,(H,21,25). The number of aromatic nitrogens is 2. The molecule has 124 valence electrons. The fourth-order valence-electron chi connectivity index (χ4n) is 3.09. The van der Waals surface area contributed by atoms with Gasteiger partial charge < -0.3 is 14.9 Å². The van der Waals surface area contributed by atoms with Gasteiger partial charge in [-0.15, -0.1) is 0 Å². The van der Waals surface area contributed by atoms with Crippen molar-refractivity contribution in [2.45, 2.75) is 6.54 Å².